The Morgan fingerprint density at radius 2 is 1.12 bits per heavy atom. The Kier molecular flexibility index (Phi) is 28.9. The highest BCUT2D eigenvalue weighted by molar-refractivity contribution is 5.84. The van der Waals surface area contributed by atoms with Crippen molar-refractivity contribution < 1.29 is 58.3 Å². The van der Waals surface area contributed by atoms with Crippen molar-refractivity contribution in [3.05, 3.63) is 0 Å². The van der Waals surface area contributed by atoms with E-state index in [2.05, 4.69) is 16.0 Å². The molecule has 6 N–H and O–H groups in total. The molecule has 0 fully saturated rings. The minimum Gasteiger partial charge on any atom is -0.481 e. The van der Waals surface area contributed by atoms with Crippen molar-refractivity contribution in [2.24, 2.45) is 0 Å². The molecule has 0 saturated heterocycles. The van der Waals surface area contributed by atoms with Crippen molar-refractivity contribution >= 4 is 35.6 Å². The number of carboxylic acids is 3. The normalized spacial score (nSPS) is 12.2. The Morgan fingerprint density at radius 3 is 1.62 bits per heavy atom. The first kappa shape index (κ1) is 44.7. The minimum absolute atomic E-state index is 0.0303. The summed E-state index contributed by atoms with van der Waals surface area (Å²) in [6.45, 7) is 1.15. The number of unbranched alkanes of at least 4 members (excludes halogenated alkanes) is 13. The van der Waals surface area contributed by atoms with E-state index in [1.54, 1.807) is 6.92 Å². The maximum Gasteiger partial charge on any atom is 0.329 e. The van der Waals surface area contributed by atoms with E-state index < -0.39 is 48.7 Å². The molecule has 3 amide bonds. The number of amides is 3. The average Bonchev–Trinajstić information content (AvgIpc) is 3.03. The van der Waals surface area contributed by atoms with Gasteiger partial charge in [-0.2, -0.15) is 0 Å². The Balaban J connectivity index is 3.84. The number of nitrogens with one attached hydrogen (secondary N) is 3. The van der Waals surface area contributed by atoms with Crippen LogP contribution in [0.5, 0.6) is 0 Å². The van der Waals surface area contributed by atoms with Gasteiger partial charge >= 0.3 is 17.9 Å². The zero-order valence-corrected chi connectivity index (χ0v) is 28.6. The van der Waals surface area contributed by atoms with Crippen molar-refractivity contribution in [1.29, 1.82) is 0 Å². The summed E-state index contributed by atoms with van der Waals surface area (Å²) in [6, 6.07) is -1.17. The van der Waals surface area contributed by atoms with Gasteiger partial charge in [-0.25, -0.2) is 9.59 Å². The van der Waals surface area contributed by atoms with E-state index in [1.807, 2.05) is 0 Å². The SMILES string of the molecule is CCOC(CNC(=O)COCCNC(=O)CC[C@H](NC(=O)CCCCCCCCCCCCCCCCC(=O)O)C(=O)O)OCC(=O)O. The molecule has 0 aliphatic rings. The van der Waals surface area contributed by atoms with Gasteiger partial charge in [0.25, 0.3) is 0 Å². The van der Waals surface area contributed by atoms with Crippen LogP contribution in [-0.4, -0.2) is 103 Å². The summed E-state index contributed by atoms with van der Waals surface area (Å²) in [5.74, 6) is -4.33. The van der Waals surface area contributed by atoms with Gasteiger partial charge in [-0.1, -0.05) is 77.0 Å². The maximum absolute atomic E-state index is 12.3. The largest absolute Gasteiger partial charge is 0.481 e. The molecule has 0 aliphatic carbocycles. The minimum atomic E-state index is -1.21. The highest BCUT2D eigenvalue weighted by atomic mass is 16.7. The molecule has 0 aromatic carbocycles. The number of carbonyl (C=O) groups is 6. The van der Waals surface area contributed by atoms with Crippen molar-refractivity contribution in [3.8, 4) is 0 Å². The van der Waals surface area contributed by atoms with Crippen LogP contribution in [0.15, 0.2) is 0 Å². The topological polar surface area (TPSA) is 227 Å². The molecular weight excluding hydrogens is 630 g/mol. The third-order valence-electron chi connectivity index (χ3n) is 7.35. The van der Waals surface area contributed by atoms with Crippen LogP contribution in [0.25, 0.3) is 0 Å². The zero-order valence-electron chi connectivity index (χ0n) is 28.6. The second-order valence-corrected chi connectivity index (χ2v) is 11.6. The van der Waals surface area contributed by atoms with E-state index in [1.165, 1.54) is 38.5 Å². The number of carbonyl (C=O) groups excluding carboxylic acids is 3. The lowest BCUT2D eigenvalue weighted by Crippen LogP contribution is -2.41. The highest BCUT2D eigenvalue weighted by Crippen LogP contribution is 2.14. The van der Waals surface area contributed by atoms with Crippen LogP contribution in [0.1, 0.15) is 122 Å². The summed E-state index contributed by atoms with van der Waals surface area (Å²) in [7, 11) is 0. The molecule has 0 bridgehead atoms. The van der Waals surface area contributed by atoms with Gasteiger partial charge in [0.2, 0.25) is 17.7 Å². The monoisotopic (exact) mass is 689 g/mol. The van der Waals surface area contributed by atoms with Gasteiger partial charge in [0, 0.05) is 32.4 Å². The first-order valence-corrected chi connectivity index (χ1v) is 17.3. The molecule has 2 atom stereocenters. The van der Waals surface area contributed by atoms with Gasteiger partial charge in [-0.05, 0) is 26.2 Å². The van der Waals surface area contributed by atoms with Crippen LogP contribution in [0.4, 0.5) is 0 Å². The molecule has 0 aromatic heterocycles. The molecule has 0 rings (SSSR count). The molecular formula is C33H59N3O12. The van der Waals surface area contributed by atoms with Crippen LogP contribution >= 0.6 is 0 Å². The molecule has 15 nitrogen and oxygen atoms in total. The molecule has 0 radical (unpaired) electrons. The average molecular weight is 690 g/mol. The van der Waals surface area contributed by atoms with Crippen LogP contribution in [0.3, 0.4) is 0 Å². The number of carboxylic acid groups (broad SMARTS) is 3. The second kappa shape index (κ2) is 31.0. The Bertz CT molecular complexity index is 918. The fourth-order valence-corrected chi connectivity index (χ4v) is 4.76. The van der Waals surface area contributed by atoms with Gasteiger partial charge in [0.1, 0.15) is 19.3 Å². The Hall–Kier alpha value is -3.30. The molecule has 0 aliphatic heterocycles. The van der Waals surface area contributed by atoms with Crippen LogP contribution in [0, 0.1) is 0 Å². The lowest BCUT2D eigenvalue weighted by molar-refractivity contribution is -0.166. The lowest BCUT2D eigenvalue weighted by atomic mass is 10.0. The third kappa shape index (κ3) is 30.1. The first-order valence-electron chi connectivity index (χ1n) is 17.3. The standard InChI is InChI=1S/C33H59N3O12/c1-2-47-32(48-25-31(42)43)23-35-29(39)24-46-22-21-34-27(37)20-19-26(33(44)45)36-28(38)17-15-13-11-9-7-5-3-4-6-8-10-12-14-16-18-30(40)41/h26,32H,2-25H2,1H3,(H,34,37)(H,35,39)(H,36,38)(H,40,41)(H,42,43)(H,44,45)/t26-,32?/m0/s1. The van der Waals surface area contributed by atoms with Crippen LogP contribution < -0.4 is 16.0 Å². The molecule has 0 heterocycles. The lowest BCUT2D eigenvalue weighted by Gasteiger charge is -2.17. The zero-order chi connectivity index (χ0) is 35.8. The first-order chi connectivity index (χ1) is 23.0. The Labute approximate surface area is 284 Å². The van der Waals surface area contributed by atoms with Crippen molar-refractivity contribution in [2.75, 3.05) is 39.5 Å². The number of aliphatic carboxylic acids is 3. The molecule has 15 heteroatoms. The summed E-state index contributed by atoms with van der Waals surface area (Å²) in [4.78, 5) is 68.9. The number of rotatable bonds is 34. The van der Waals surface area contributed by atoms with E-state index in [-0.39, 0.29) is 64.5 Å². The van der Waals surface area contributed by atoms with E-state index in [9.17, 15) is 33.9 Å². The van der Waals surface area contributed by atoms with E-state index >= 15 is 0 Å². The molecule has 1 unspecified atom stereocenters. The van der Waals surface area contributed by atoms with Gasteiger partial charge in [0.15, 0.2) is 6.29 Å². The van der Waals surface area contributed by atoms with Crippen molar-refractivity contribution in [2.45, 2.75) is 135 Å². The summed E-state index contributed by atoms with van der Waals surface area (Å²) < 4.78 is 15.4. The van der Waals surface area contributed by atoms with Crippen molar-refractivity contribution in [3.63, 3.8) is 0 Å². The van der Waals surface area contributed by atoms with Gasteiger partial charge in [-0.3, -0.25) is 19.2 Å². The summed E-state index contributed by atoms with van der Waals surface area (Å²) in [6.07, 6.45) is 14.4. The van der Waals surface area contributed by atoms with Crippen molar-refractivity contribution in [1.82, 2.24) is 16.0 Å². The van der Waals surface area contributed by atoms with Gasteiger partial charge in [0.05, 0.1) is 13.2 Å². The quantitative estimate of drug-likeness (QED) is 0.0422. The fourth-order valence-electron chi connectivity index (χ4n) is 4.76. The van der Waals surface area contributed by atoms with E-state index in [4.69, 9.17) is 24.4 Å². The highest BCUT2D eigenvalue weighted by Gasteiger charge is 2.21. The smallest absolute Gasteiger partial charge is 0.329 e. The van der Waals surface area contributed by atoms with Gasteiger partial charge in [-0.15, -0.1) is 0 Å². The maximum atomic E-state index is 12.3. The van der Waals surface area contributed by atoms with Crippen LogP contribution in [0.2, 0.25) is 0 Å². The second-order valence-electron chi connectivity index (χ2n) is 11.6. The van der Waals surface area contributed by atoms with Gasteiger partial charge < -0.3 is 45.5 Å². The predicted octanol–water partition coefficient (Wildman–Crippen LogP) is 3.38. The summed E-state index contributed by atoms with van der Waals surface area (Å²) in [5, 5.41) is 34.3. The molecule has 278 valence electrons. The summed E-state index contributed by atoms with van der Waals surface area (Å²) in [5.41, 5.74) is 0. The molecule has 48 heavy (non-hydrogen) atoms. The number of hydrogen-bond donors (Lipinski definition) is 6. The predicted molar refractivity (Wildman–Crippen MR) is 176 cm³/mol. The van der Waals surface area contributed by atoms with E-state index in [0.717, 1.165) is 44.9 Å². The Morgan fingerprint density at radius 1 is 0.583 bits per heavy atom. The summed E-state index contributed by atoms with van der Waals surface area (Å²) >= 11 is 0. The fraction of sp³-hybridized carbons (Fsp3) is 0.818. The number of ether oxygens (including phenoxy) is 3. The molecule has 0 aromatic rings. The third-order valence-corrected chi connectivity index (χ3v) is 7.35. The molecule has 0 spiro atoms. The number of hydrogen-bond acceptors (Lipinski definition) is 9. The van der Waals surface area contributed by atoms with E-state index in [0.29, 0.717) is 6.42 Å². The molecule has 0 saturated carbocycles. The van der Waals surface area contributed by atoms with Crippen LogP contribution in [-0.2, 0) is 43.0 Å².